The fourth-order valence-electron chi connectivity index (χ4n) is 2.75. The molecular formula is C15H22N2O2. The van der Waals surface area contributed by atoms with Crippen LogP contribution >= 0.6 is 0 Å². The maximum atomic E-state index is 11.1. The van der Waals surface area contributed by atoms with Crippen LogP contribution in [0.5, 0.6) is 0 Å². The first-order valence-electron chi connectivity index (χ1n) is 6.78. The Labute approximate surface area is 114 Å². The van der Waals surface area contributed by atoms with Gasteiger partial charge in [-0.3, -0.25) is 9.69 Å². The van der Waals surface area contributed by atoms with E-state index >= 15 is 0 Å². The highest BCUT2D eigenvalue weighted by Crippen LogP contribution is 2.21. The van der Waals surface area contributed by atoms with Gasteiger partial charge in [0.1, 0.15) is 0 Å². The molecule has 0 saturated carbocycles. The molecule has 0 bridgehead atoms. The second-order valence-electron chi connectivity index (χ2n) is 5.34. The minimum atomic E-state index is -0.717. The summed E-state index contributed by atoms with van der Waals surface area (Å²) in [4.78, 5) is 15.6. The third-order valence-electron chi connectivity index (χ3n) is 4.07. The number of aliphatic carboxylic acids is 1. The van der Waals surface area contributed by atoms with Crippen molar-refractivity contribution in [3.63, 3.8) is 0 Å². The van der Waals surface area contributed by atoms with Crippen molar-refractivity contribution in [3.05, 3.63) is 35.9 Å². The van der Waals surface area contributed by atoms with Gasteiger partial charge in [0.15, 0.2) is 0 Å². The number of likely N-dealkylation sites (N-methyl/N-ethyl adjacent to an activating group) is 1. The van der Waals surface area contributed by atoms with Crippen molar-refractivity contribution in [3.8, 4) is 0 Å². The average Bonchev–Trinajstić information content (AvgIpc) is 2.39. The van der Waals surface area contributed by atoms with Gasteiger partial charge in [-0.1, -0.05) is 30.3 Å². The van der Waals surface area contributed by atoms with E-state index in [9.17, 15) is 4.79 Å². The Balaban J connectivity index is 2.10. The van der Waals surface area contributed by atoms with Gasteiger partial charge in [-0.15, -0.1) is 0 Å². The molecule has 1 aliphatic rings. The number of hydrogen-bond acceptors (Lipinski definition) is 3. The zero-order chi connectivity index (χ0) is 13.8. The van der Waals surface area contributed by atoms with Crippen LogP contribution in [-0.4, -0.2) is 53.1 Å². The number of carboxylic acids is 1. The fraction of sp³-hybridized carbons (Fsp3) is 0.533. The van der Waals surface area contributed by atoms with E-state index in [2.05, 4.69) is 35.9 Å². The van der Waals surface area contributed by atoms with Crippen LogP contribution in [0.1, 0.15) is 18.9 Å². The number of carbonyl (C=O) groups is 1. The van der Waals surface area contributed by atoms with Crippen molar-refractivity contribution in [2.75, 3.05) is 20.1 Å². The summed E-state index contributed by atoms with van der Waals surface area (Å²) >= 11 is 0. The Bertz CT molecular complexity index is 421. The Kier molecular flexibility index (Phi) is 4.56. The predicted molar refractivity (Wildman–Crippen MR) is 75.0 cm³/mol. The second-order valence-corrected chi connectivity index (χ2v) is 5.34. The van der Waals surface area contributed by atoms with Gasteiger partial charge in [-0.2, -0.15) is 0 Å². The van der Waals surface area contributed by atoms with Gasteiger partial charge in [-0.05, 0) is 19.5 Å². The van der Waals surface area contributed by atoms with E-state index in [1.165, 1.54) is 5.56 Å². The van der Waals surface area contributed by atoms with Crippen LogP contribution in [-0.2, 0) is 11.3 Å². The monoisotopic (exact) mass is 262 g/mol. The lowest BCUT2D eigenvalue weighted by Gasteiger charge is -2.44. The summed E-state index contributed by atoms with van der Waals surface area (Å²) in [7, 11) is 2.07. The molecule has 0 unspecified atom stereocenters. The molecule has 0 amide bonds. The third kappa shape index (κ3) is 3.55. The van der Waals surface area contributed by atoms with E-state index in [0.29, 0.717) is 0 Å². The van der Waals surface area contributed by atoms with Gasteiger partial charge in [0.05, 0.1) is 6.42 Å². The standard InChI is InChI=1S/C15H22N2O2/c1-12-14(10-15(18)19)17(9-8-16(12)2)11-13-6-4-3-5-7-13/h3-7,12,14H,8-11H2,1-2H3,(H,18,19)/t12-,14+/m1/s1. The second kappa shape index (κ2) is 6.17. The minimum absolute atomic E-state index is 0.0801. The Hall–Kier alpha value is -1.39. The van der Waals surface area contributed by atoms with Crippen LogP contribution < -0.4 is 0 Å². The number of benzene rings is 1. The highest BCUT2D eigenvalue weighted by atomic mass is 16.4. The molecular weight excluding hydrogens is 240 g/mol. The Morgan fingerprint density at radius 3 is 2.63 bits per heavy atom. The van der Waals surface area contributed by atoms with Crippen molar-refractivity contribution < 1.29 is 9.90 Å². The van der Waals surface area contributed by atoms with E-state index in [4.69, 9.17) is 5.11 Å². The maximum absolute atomic E-state index is 11.1. The summed E-state index contributed by atoms with van der Waals surface area (Å²) in [6.07, 6.45) is 0.207. The highest BCUT2D eigenvalue weighted by molar-refractivity contribution is 5.67. The first-order valence-corrected chi connectivity index (χ1v) is 6.78. The van der Waals surface area contributed by atoms with Crippen LogP contribution in [0, 0.1) is 0 Å². The molecule has 1 aliphatic heterocycles. The molecule has 0 aromatic heterocycles. The molecule has 1 aromatic carbocycles. The van der Waals surface area contributed by atoms with Gasteiger partial charge in [0.2, 0.25) is 0 Å². The summed E-state index contributed by atoms with van der Waals surface area (Å²) in [5, 5.41) is 9.11. The van der Waals surface area contributed by atoms with Crippen LogP contribution in [0.3, 0.4) is 0 Å². The number of rotatable bonds is 4. The first-order chi connectivity index (χ1) is 9.08. The zero-order valence-electron chi connectivity index (χ0n) is 11.6. The molecule has 1 N–H and O–H groups in total. The molecule has 104 valence electrons. The van der Waals surface area contributed by atoms with Crippen molar-refractivity contribution in [2.24, 2.45) is 0 Å². The van der Waals surface area contributed by atoms with Gasteiger partial charge >= 0.3 is 5.97 Å². The van der Waals surface area contributed by atoms with E-state index in [1.807, 2.05) is 18.2 Å². The molecule has 0 aliphatic carbocycles. The lowest BCUT2D eigenvalue weighted by Crippen LogP contribution is -2.57. The fourth-order valence-corrected chi connectivity index (χ4v) is 2.75. The maximum Gasteiger partial charge on any atom is 0.304 e. The minimum Gasteiger partial charge on any atom is -0.481 e. The van der Waals surface area contributed by atoms with E-state index in [-0.39, 0.29) is 18.5 Å². The number of carboxylic acid groups (broad SMARTS) is 1. The van der Waals surface area contributed by atoms with Gasteiger partial charge in [0.25, 0.3) is 0 Å². The molecule has 4 nitrogen and oxygen atoms in total. The van der Waals surface area contributed by atoms with Gasteiger partial charge in [-0.25, -0.2) is 0 Å². The number of hydrogen-bond donors (Lipinski definition) is 1. The summed E-state index contributed by atoms with van der Waals surface area (Å²) in [6, 6.07) is 10.6. The van der Waals surface area contributed by atoms with Gasteiger partial charge in [0, 0.05) is 31.7 Å². The molecule has 2 rings (SSSR count). The van der Waals surface area contributed by atoms with E-state index in [0.717, 1.165) is 19.6 Å². The molecule has 0 spiro atoms. The van der Waals surface area contributed by atoms with Crippen LogP contribution in [0.2, 0.25) is 0 Å². The van der Waals surface area contributed by atoms with E-state index < -0.39 is 5.97 Å². The van der Waals surface area contributed by atoms with Crippen molar-refractivity contribution >= 4 is 5.97 Å². The number of nitrogens with zero attached hydrogens (tertiary/aromatic N) is 2. The lowest BCUT2D eigenvalue weighted by atomic mass is 9.99. The predicted octanol–water partition coefficient (Wildman–Crippen LogP) is 1.67. The quantitative estimate of drug-likeness (QED) is 0.896. The van der Waals surface area contributed by atoms with Crippen molar-refractivity contribution in [2.45, 2.75) is 32.0 Å². The van der Waals surface area contributed by atoms with Gasteiger partial charge < -0.3 is 10.0 Å². The SMILES string of the molecule is C[C@@H]1[C@H](CC(=O)O)N(Cc2ccccc2)CCN1C. The van der Waals surface area contributed by atoms with E-state index in [1.54, 1.807) is 0 Å². The Morgan fingerprint density at radius 1 is 1.32 bits per heavy atom. The third-order valence-corrected chi connectivity index (χ3v) is 4.07. The van der Waals surface area contributed by atoms with Crippen LogP contribution in [0.25, 0.3) is 0 Å². The molecule has 1 heterocycles. The van der Waals surface area contributed by atoms with Crippen molar-refractivity contribution in [1.82, 2.24) is 9.80 Å². The zero-order valence-corrected chi connectivity index (χ0v) is 11.6. The molecule has 19 heavy (non-hydrogen) atoms. The summed E-state index contributed by atoms with van der Waals surface area (Å²) in [5.74, 6) is -0.717. The summed E-state index contributed by atoms with van der Waals surface area (Å²) in [6.45, 7) is 4.86. The Morgan fingerprint density at radius 2 is 2.00 bits per heavy atom. The molecule has 1 saturated heterocycles. The summed E-state index contributed by atoms with van der Waals surface area (Å²) in [5.41, 5.74) is 1.25. The molecule has 1 aromatic rings. The van der Waals surface area contributed by atoms with Crippen LogP contribution in [0.4, 0.5) is 0 Å². The van der Waals surface area contributed by atoms with Crippen LogP contribution in [0.15, 0.2) is 30.3 Å². The molecule has 1 fully saturated rings. The smallest absolute Gasteiger partial charge is 0.304 e. The topological polar surface area (TPSA) is 43.8 Å². The summed E-state index contributed by atoms with van der Waals surface area (Å²) < 4.78 is 0. The molecule has 0 radical (unpaired) electrons. The lowest BCUT2D eigenvalue weighted by molar-refractivity contribution is -0.139. The normalized spacial score (nSPS) is 25.4. The first kappa shape index (κ1) is 14.0. The highest BCUT2D eigenvalue weighted by Gasteiger charge is 2.33. The molecule has 4 heteroatoms. The average molecular weight is 262 g/mol. The largest absolute Gasteiger partial charge is 0.481 e. The number of piperazine rings is 1. The molecule has 2 atom stereocenters. The van der Waals surface area contributed by atoms with Crippen molar-refractivity contribution in [1.29, 1.82) is 0 Å².